The van der Waals surface area contributed by atoms with E-state index in [9.17, 15) is 4.79 Å². The second-order valence-electron chi connectivity index (χ2n) is 1.59. The van der Waals surface area contributed by atoms with Gasteiger partial charge in [-0.05, 0) is 18.8 Å². The molecule has 0 aromatic rings. The zero-order valence-electron chi connectivity index (χ0n) is 5.19. The Labute approximate surface area is 64.0 Å². The normalized spacial score (nSPS) is 7.67. The van der Waals surface area contributed by atoms with E-state index in [2.05, 4.69) is 27.8 Å². The second-order valence-corrected chi connectivity index (χ2v) is 2.38. The summed E-state index contributed by atoms with van der Waals surface area (Å²) in [6.45, 7) is 0. The third-order valence-electron chi connectivity index (χ3n) is 0.846. The first-order chi connectivity index (χ1) is 4.41. The first-order valence-corrected chi connectivity index (χ1v) is 4.02. The molecule has 50 valence electrons. The highest BCUT2D eigenvalue weighted by molar-refractivity contribution is 9.09. The fourth-order valence-corrected chi connectivity index (χ4v) is 0.818. The smallest absolute Gasteiger partial charge is 0.192 e. The minimum atomic E-state index is 0.633. The summed E-state index contributed by atoms with van der Waals surface area (Å²) in [5.41, 5.74) is 0. The molecule has 1 nitrogen and oxygen atoms in total. The Morgan fingerprint density at radius 1 is 1.44 bits per heavy atom. The molecule has 9 heavy (non-hydrogen) atoms. The Balaban J connectivity index is 2.99. The van der Waals surface area contributed by atoms with Crippen molar-refractivity contribution in [3.63, 3.8) is 0 Å². The van der Waals surface area contributed by atoms with Crippen molar-refractivity contribution in [2.45, 2.75) is 19.3 Å². The average Bonchev–Trinajstić information content (AvgIpc) is 1.89. The van der Waals surface area contributed by atoms with Gasteiger partial charge in [0, 0.05) is 11.8 Å². The molecule has 0 fully saturated rings. The molecule has 0 aromatic heterocycles. The number of hydrogen-bond donors (Lipinski definition) is 0. The van der Waals surface area contributed by atoms with Crippen molar-refractivity contribution in [3.8, 4) is 11.8 Å². The van der Waals surface area contributed by atoms with E-state index in [1.54, 1.807) is 0 Å². The van der Waals surface area contributed by atoms with Gasteiger partial charge in [-0.3, -0.25) is 4.79 Å². The quantitative estimate of drug-likeness (QED) is 0.286. The van der Waals surface area contributed by atoms with E-state index in [-0.39, 0.29) is 0 Å². The predicted molar refractivity (Wildman–Crippen MR) is 41.5 cm³/mol. The Morgan fingerprint density at radius 2 is 2.22 bits per heavy atom. The third kappa shape index (κ3) is 7.71. The molecular weight excluding hydrogens is 180 g/mol. The van der Waals surface area contributed by atoms with Gasteiger partial charge in [-0.1, -0.05) is 21.9 Å². The molecule has 0 aromatic carbocycles. The fraction of sp³-hybridized carbons (Fsp3) is 0.571. The molecule has 0 saturated carbocycles. The maximum absolute atomic E-state index is 9.65. The van der Waals surface area contributed by atoms with Gasteiger partial charge >= 0.3 is 0 Å². The summed E-state index contributed by atoms with van der Waals surface area (Å²) >= 11 is 3.30. The zero-order valence-corrected chi connectivity index (χ0v) is 6.78. The summed E-state index contributed by atoms with van der Waals surface area (Å²) in [6.07, 6.45) is 3.68. The van der Waals surface area contributed by atoms with E-state index in [0.717, 1.165) is 24.6 Å². The van der Waals surface area contributed by atoms with Gasteiger partial charge in [0.1, 0.15) is 0 Å². The molecule has 0 radical (unpaired) electrons. The van der Waals surface area contributed by atoms with Crippen molar-refractivity contribution in [2.24, 2.45) is 0 Å². The van der Waals surface area contributed by atoms with Crippen LogP contribution in [-0.4, -0.2) is 11.6 Å². The third-order valence-corrected chi connectivity index (χ3v) is 1.41. The van der Waals surface area contributed by atoms with Gasteiger partial charge in [0.25, 0.3) is 0 Å². The number of alkyl halides is 1. The molecule has 0 amide bonds. The average molecular weight is 189 g/mol. The lowest BCUT2D eigenvalue weighted by Gasteiger charge is -1.85. The van der Waals surface area contributed by atoms with Crippen LogP contribution in [0.25, 0.3) is 0 Å². The Kier molecular flexibility index (Phi) is 7.46. The minimum Gasteiger partial charge on any atom is -0.289 e. The molecule has 0 N–H and O–H groups in total. The maximum atomic E-state index is 9.65. The number of halogens is 1. The van der Waals surface area contributed by atoms with Crippen molar-refractivity contribution in [3.05, 3.63) is 0 Å². The van der Waals surface area contributed by atoms with E-state index in [1.165, 1.54) is 0 Å². The molecule has 0 aliphatic carbocycles. The minimum absolute atomic E-state index is 0.633. The Morgan fingerprint density at radius 3 is 2.78 bits per heavy atom. The van der Waals surface area contributed by atoms with E-state index in [0.29, 0.717) is 6.29 Å². The molecule has 0 atom stereocenters. The van der Waals surface area contributed by atoms with E-state index in [4.69, 9.17) is 0 Å². The van der Waals surface area contributed by atoms with Gasteiger partial charge in [0.05, 0.1) is 0 Å². The Bertz CT molecular complexity index is 121. The number of rotatable bonds is 3. The first-order valence-electron chi connectivity index (χ1n) is 2.90. The van der Waals surface area contributed by atoms with Crippen LogP contribution in [0.3, 0.4) is 0 Å². The first kappa shape index (κ1) is 8.71. The van der Waals surface area contributed by atoms with E-state index in [1.807, 2.05) is 0 Å². The lowest BCUT2D eigenvalue weighted by atomic mass is 10.2. The van der Waals surface area contributed by atoms with Crippen molar-refractivity contribution in [1.29, 1.82) is 0 Å². The Hall–Kier alpha value is -0.290. The standard InChI is InChI=1S/C7H9BrO/c8-6-4-2-1-3-5-7-9/h7H,1-2,4,6H2. The van der Waals surface area contributed by atoms with Crippen LogP contribution in [0.5, 0.6) is 0 Å². The molecule has 0 spiro atoms. The largest absolute Gasteiger partial charge is 0.289 e. The summed E-state index contributed by atoms with van der Waals surface area (Å²) < 4.78 is 0. The van der Waals surface area contributed by atoms with Gasteiger partial charge in [-0.2, -0.15) is 0 Å². The van der Waals surface area contributed by atoms with Crippen LogP contribution >= 0.6 is 15.9 Å². The van der Waals surface area contributed by atoms with Crippen LogP contribution in [0, 0.1) is 11.8 Å². The van der Waals surface area contributed by atoms with Crippen molar-refractivity contribution < 1.29 is 4.79 Å². The molecule has 2 heteroatoms. The summed E-state index contributed by atoms with van der Waals surface area (Å²) in [7, 11) is 0. The van der Waals surface area contributed by atoms with Crippen molar-refractivity contribution >= 4 is 22.2 Å². The van der Waals surface area contributed by atoms with Crippen LogP contribution in [0.15, 0.2) is 0 Å². The molecule has 0 rings (SSSR count). The maximum Gasteiger partial charge on any atom is 0.192 e. The highest BCUT2D eigenvalue weighted by atomic mass is 79.9. The number of aldehydes is 1. The molecule has 0 bridgehead atoms. The van der Waals surface area contributed by atoms with Crippen LogP contribution in [-0.2, 0) is 4.79 Å². The van der Waals surface area contributed by atoms with Crippen LogP contribution in [0.4, 0.5) is 0 Å². The van der Waals surface area contributed by atoms with Crippen LogP contribution in [0.1, 0.15) is 19.3 Å². The van der Waals surface area contributed by atoms with E-state index >= 15 is 0 Å². The highest BCUT2D eigenvalue weighted by Gasteiger charge is 1.80. The number of carbonyl (C=O) groups is 1. The van der Waals surface area contributed by atoms with Crippen LogP contribution in [0.2, 0.25) is 0 Å². The molecule has 0 aliphatic rings. The highest BCUT2D eigenvalue weighted by Crippen LogP contribution is 1.96. The lowest BCUT2D eigenvalue weighted by molar-refractivity contribution is -0.103. The predicted octanol–water partition coefficient (Wildman–Crippen LogP) is 1.75. The van der Waals surface area contributed by atoms with E-state index < -0.39 is 0 Å². The summed E-state index contributed by atoms with van der Waals surface area (Å²) in [4.78, 5) is 9.65. The fourth-order valence-electron chi connectivity index (χ4n) is 0.422. The number of unbranched alkanes of at least 4 members (excludes halogenated alkanes) is 2. The van der Waals surface area contributed by atoms with Crippen LogP contribution < -0.4 is 0 Å². The van der Waals surface area contributed by atoms with Gasteiger partial charge in [0.15, 0.2) is 6.29 Å². The zero-order chi connectivity index (χ0) is 6.95. The van der Waals surface area contributed by atoms with Crippen molar-refractivity contribution in [2.75, 3.05) is 5.33 Å². The lowest BCUT2D eigenvalue weighted by Crippen LogP contribution is -1.73. The molecule has 0 saturated heterocycles. The molecule has 0 aliphatic heterocycles. The monoisotopic (exact) mass is 188 g/mol. The van der Waals surface area contributed by atoms with Crippen molar-refractivity contribution in [1.82, 2.24) is 0 Å². The number of carbonyl (C=O) groups excluding carboxylic acids is 1. The number of hydrogen-bond acceptors (Lipinski definition) is 1. The van der Waals surface area contributed by atoms with Gasteiger partial charge in [-0.25, -0.2) is 0 Å². The summed E-state index contributed by atoms with van der Waals surface area (Å²) in [5.74, 6) is 5.09. The SMILES string of the molecule is O=CC#CCCCCBr. The molecule has 0 heterocycles. The summed E-state index contributed by atoms with van der Waals surface area (Å²) in [5, 5.41) is 1.02. The molecular formula is C7H9BrO. The van der Waals surface area contributed by atoms with Gasteiger partial charge in [0.2, 0.25) is 0 Å². The molecule has 0 unspecified atom stereocenters. The second kappa shape index (κ2) is 7.71. The topological polar surface area (TPSA) is 17.1 Å². The summed E-state index contributed by atoms with van der Waals surface area (Å²) in [6, 6.07) is 0. The van der Waals surface area contributed by atoms with Gasteiger partial charge < -0.3 is 0 Å². The van der Waals surface area contributed by atoms with Gasteiger partial charge in [-0.15, -0.1) is 0 Å².